The fourth-order valence-corrected chi connectivity index (χ4v) is 3.21. The van der Waals surface area contributed by atoms with Crippen molar-refractivity contribution < 1.29 is 30.9 Å². The summed E-state index contributed by atoms with van der Waals surface area (Å²) in [5.41, 5.74) is -0.705. The molecule has 0 unspecified atom stereocenters. The fraction of sp³-hybridized carbons (Fsp3) is 0.0833. The second-order valence-electron chi connectivity index (χ2n) is 3.71. The van der Waals surface area contributed by atoms with E-state index in [1.807, 2.05) is 0 Å². The number of hydrogen-bond acceptors (Lipinski definition) is 3. The van der Waals surface area contributed by atoms with E-state index in [0.717, 1.165) is 6.07 Å². The van der Waals surface area contributed by atoms with Gasteiger partial charge in [-0.25, -0.2) is 4.79 Å². The monoisotopic (exact) mass is 398 g/mol. The molecule has 2 rings (SSSR count). The van der Waals surface area contributed by atoms with Gasteiger partial charge >= 0.3 is 12.3 Å². The number of alkyl halides is 3. The Morgan fingerprint density at radius 1 is 1.25 bits per heavy atom. The van der Waals surface area contributed by atoms with Gasteiger partial charge in [0.05, 0.1) is 3.57 Å². The molecule has 0 amide bonds. The minimum Gasteiger partial charge on any atom is -0.478 e. The lowest BCUT2D eigenvalue weighted by molar-refractivity contribution is -0.274. The van der Waals surface area contributed by atoms with Crippen molar-refractivity contribution in [2.45, 2.75) is 6.36 Å². The van der Waals surface area contributed by atoms with E-state index in [4.69, 9.17) is 5.11 Å². The molecule has 2 aromatic rings. The summed E-state index contributed by atoms with van der Waals surface area (Å²) in [7, 11) is 0. The molecule has 0 aromatic heterocycles. The Kier molecular flexibility index (Phi) is 3.93. The molecule has 8 heteroatoms. The maximum absolute atomic E-state index is 12.3. The summed E-state index contributed by atoms with van der Waals surface area (Å²) in [5.74, 6) is -2.46. The zero-order chi connectivity index (χ0) is 14.9. The second-order valence-corrected chi connectivity index (χ2v) is 5.23. The summed E-state index contributed by atoms with van der Waals surface area (Å²) >= 11 is -1.99. The van der Waals surface area contributed by atoms with Crippen LogP contribution in [0.5, 0.6) is 5.75 Å². The minimum absolute atomic E-state index is 0.117. The smallest absolute Gasteiger partial charge is 0.478 e. The van der Waals surface area contributed by atoms with E-state index in [9.17, 15) is 21.0 Å². The molecule has 0 aliphatic carbocycles. The molecule has 2 aromatic carbocycles. The van der Waals surface area contributed by atoms with Crippen molar-refractivity contribution in [3.05, 3.63) is 39.5 Å². The van der Waals surface area contributed by atoms with E-state index in [0.29, 0.717) is 10.8 Å². The Bertz CT molecular complexity index is 697. The number of fused-ring (bicyclic) bond motifs is 1. The summed E-state index contributed by atoms with van der Waals surface area (Å²) in [6.45, 7) is 0. The lowest BCUT2D eigenvalue weighted by Crippen LogP contribution is -2.19. The van der Waals surface area contributed by atoms with E-state index in [2.05, 4.69) is 4.74 Å². The van der Waals surface area contributed by atoms with E-state index >= 15 is 0 Å². The number of halogens is 4. The standard InChI is InChI=1S/C12H6F3IO4/c13-12(14,15)20-8-5-6-3-1-2-4-7(6)10(16-19)9(8)11(17)18/h1-5H,(H,17,18). The van der Waals surface area contributed by atoms with Crippen LogP contribution in [0.4, 0.5) is 13.2 Å². The molecule has 0 saturated heterocycles. The summed E-state index contributed by atoms with van der Waals surface area (Å²) in [6, 6.07) is 7.14. The van der Waals surface area contributed by atoms with Gasteiger partial charge in [-0.15, -0.1) is 13.2 Å². The third-order valence-corrected chi connectivity index (χ3v) is 4.03. The van der Waals surface area contributed by atoms with Gasteiger partial charge in [-0.3, -0.25) is 3.07 Å². The molecule has 0 spiro atoms. The lowest BCUT2D eigenvalue weighted by atomic mass is 10.1. The number of hydrogen-bond donors (Lipinski definition) is 1. The molecule has 0 aliphatic rings. The Labute approximate surface area is 120 Å². The van der Waals surface area contributed by atoms with Crippen LogP contribution in [-0.2, 0) is 3.07 Å². The van der Waals surface area contributed by atoms with Gasteiger partial charge in [-0.1, -0.05) is 24.3 Å². The average Bonchev–Trinajstić information content (AvgIpc) is 2.34. The van der Waals surface area contributed by atoms with Crippen molar-refractivity contribution in [1.29, 1.82) is 0 Å². The highest BCUT2D eigenvalue weighted by Gasteiger charge is 2.34. The summed E-state index contributed by atoms with van der Waals surface area (Å²) in [5, 5.41) is 9.75. The Balaban J connectivity index is 2.82. The number of benzene rings is 2. The fourth-order valence-electron chi connectivity index (χ4n) is 1.76. The largest absolute Gasteiger partial charge is 0.573 e. The third-order valence-electron chi connectivity index (χ3n) is 2.47. The summed E-state index contributed by atoms with van der Waals surface area (Å²) in [6.07, 6.45) is -5.02. The third kappa shape index (κ3) is 2.89. The molecule has 1 N–H and O–H groups in total. The number of carbonyl (C=O) groups is 1. The Hall–Kier alpha value is -1.71. The van der Waals surface area contributed by atoms with Gasteiger partial charge in [0.2, 0.25) is 0 Å². The highest BCUT2D eigenvalue weighted by Crippen LogP contribution is 2.36. The van der Waals surface area contributed by atoms with E-state index in [1.54, 1.807) is 12.1 Å². The summed E-state index contributed by atoms with van der Waals surface area (Å²) in [4.78, 5) is 11.2. The van der Waals surface area contributed by atoms with Crippen molar-refractivity contribution in [3.63, 3.8) is 0 Å². The Morgan fingerprint density at radius 3 is 2.45 bits per heavy atom. The van der Waals surface area contributed by atoms with Gasteiger partial charge in [0.15, 0.2) is 21.2 Å². The zero-order valence-corrected chi connectivity index (χ0v) is 11.7. The summed E-state index contributed by atoms with van der Waals surface area (Å²) < 4.78 is 51.9. The first-order valence-electron chi connectivity index (χ1n) is 5.15. The van der Waals surface area contributed by atoms with E-state index < -0.39 is 44.8 Å². The number of carboxylic acids is 1. The van der Waals surface area contributed by atoms with Crippen LogP contribution in [0.15, 0.2) is 30.3 Å². The molecule has 0 bridgehead atoms. The van der Waals surface area contributed by atoms with Gasteiger partial charge in [0, 0.05) is 0 Å². The maximum Gasteiger partial charge on any atom is 0.573 e. The van der Waals surface area contributed by atoms with Gasteiger partial charge in [-0.2, -0.15) is 0 Å². The van der Waals surface area contributed by atoms with Crippen LogP contribution in [0, 0.1) is 3.57 Å². The van der Waals surface area contributed by atoms with Crippen molar-refractivity contribution in [2.24, 2.45) is 0 Å². The van der Waals surface area contributed by atoms with Crippen LogP contribution < -0.4 is 4.74 Å². The first-order chi connectivity index (χ1) is 9.33. The van der Waals surface area contributed by atoms with Crippen LogP contribution in [-0.4, -0.2) is 17.4 Å². The van der Waals surface area contributed by atoms with Crippen molar-refractivity contribution in [3.8, 4) is 5.75 Å². The quantitative estimate of drug-likeness (QED) is 0.797. The lowest BCUT2D eigenvalue weighted by Gasteiger charge is -2.14. The predicted octanol–water partition coefficient (Wildman–Crippen LogP) is 3.92. The van der Waals surface area contributed by atoms with E-state index in [1.165, 1.54) is 12.1 Å². The van der Waals surface area contributed by atoms with E-state index in [-0.39, 0.29) is 3.57 Å². The first-order valence-corrected chi connectivity index (χ1v) is 7.11. The highest BCUT2D eigenvalue weighted by molar-refractivity contribution is 14.1. The average molecular weight is 398 g/mol. The first kappa shape index (κ1) is 14.7. The molecular formula is C12H6F3IO4. The van der Waals surface area contributed by atoms with Gasteiger partial charge in [0.25, 0.3) is 0 Å². The zero-order valence-electron chi connectivity index (χ0n) is 9.57. The van der Waals surface area contributed by atoms with Crippen molar-refractivity contribution >= 4 is 37.9 Å². The molecule has 0 radical (unpaired) electrons. The highest BCUT2D eigenvalue weighted by atomic mass is 127. The molecule has 4 nitrogen and oxygen atoms in total. The minimum atomic E-state index is -5.02. The predicted molar refractivity (Wildman–Crippen MR) is 71.0 cm³/mol. The maximum atomic E-state index is 12.3. The SMILES string of the molecule is O=Ic1c(C(=O)O)c(OC(F)(F)F)cc2ccccc12. The molecule has 0 aliphatic heterocycles. The Morgan fingerprint density at radius 2 is 1.90 bits per heavy atom. The molecule has 0 fully saturated rings. The molecule has 106 valence electrons. The topological polar surface area (TPSA) is 63.6 Å². The molecule has 0 atom stereocenters. The number of aromatic carboxylic acids is 1. The number of rotatable bonds is 3. The second kappa shape index (κ2) is 5.35. The van der Waals surface area contributed by atoms with Gasteiger partial charge < -0.3 is 9.84 Å². The van der Waals surface area contributed by atoms with Crippen LogP contribution in [0.3, 0.4) is 0 Å². The van der Waals surface area contributed by atoms with Crippen LogP contribution in [0.25, 0.3) is 10.8 Å². The van der Waals surface area contributed by atoms with Crippen LogP contribution in [0.1, 0.15) is 10.4 Å². The van der Waals surface area contributed by atoms with Crippen molar-refractivity contribution in [1.82, 2.24) is 0 Å². The molecular weight excluding hydrogens is 392 g/mol. The van der Waals surface area contributed by atoms with Crippen molar-refractivity contribution in [2.75, 3.05) is 0 Å². The van der Waals surface area contributed by atoms with Crippen LogP contribution in [0.2, 0.25) is 0 Å². The molecule has 20 heavy (non-hydrogen) atoms. The number of ether oxygens (including phenoxy) is 1. The van der Waals surface area contributed by atoms with Gasteiger partial charge in [-0.05, 0) is 16.8 Å². The molecule has 0 heterocycles. The van der Waals surface area contributed by atoms with Crippen LogP contribution >= 0.6 is 21.2 Å². The molecule has 0 saturated carbocycles. The van der Waals surface area contributed by atoms with Gasteiger partial charge in [0.1, 0.15) is 11.3 Å². The number of carboxylic acid groups (broad SMARTS) is 1. The normalized spacial score (nSPS) is 11.6.